The van der Waals surface area contributed by atoms with Crippen LogP contribution in [0.4, 0.5) is 0 Å². The highest BCUT2D eigenvalue weighted by molar-refractivity contribution is 6.21. The molecule has 0 bridgehead atoms. The number of esters is 1. The predicted octanol–water partition coefficient (Wildman–Crippen LogP) is 1.63. The Morgan fingerprint density at radius 2 is 1.76 bits per heavy atom. The summed E-state index contributed by atoms with van der Waals surface area (Å²) < 4.78 is 4.52. The van der Waals surface area contributed by atoms with Crippen LogP contribution >= 0.6 is 0 Å². The molecule has 0 unspecified atom stereocenters. The van der Waals surface area contributed by atoms with Crippen molar-refractivity contribution in [1.29, 1.82) is 0 Å². The fraction of sp³-hybridized carbons (Fsp3) is 0.312. The third kappa shape index (κ3) is 3.29. The quantitative estimate of drug-likeness (QED) is 0.365. The Morgan fingerprint density at radius 3 is 2.33 bits per heavy atom. The Labute approximate surface area is 122 Å². The van der Waals surface area contributed by atoms with E-state index in [1.54, 1.807) is 24.3 Å². The summed E-state index contributed by atoms with van der Waals surface area (Å²) >= 11 is 0. The van der Waals surface area contributed by atoms with Crippen LogP contribution in [0.5, 0.6) is 0 Å². The minimum Gasteiger partial charge on any atom is -0.469 e. The Hall–Kier alpha value is -2.61. The van der Waals surface area contributed by atoms with Gasteiger partial charge in [-0.1, -0.05) is 18.1 Å². The maximum Gasteiger partial charge on any atom is 0.305 e. The van der Waals surface area contributed by atoms with Gasteiger partial charge in [-0.25, -0.2) is 0 Å². The van der Waals surface area contributed by atoms with E-state index < -0.39 is 0 Å². The number of methoxy groups -OCH3 is 1. The molecule has 1 aromatic carbocycles. The molecule has 0 aromatic heterocycles. The van der Waals surface area contributed by atoms with Crippen LogP contribution in [0.15, 0.2) is 24.3 Å². The highest BCUT2D eigenvalue weighted by Gasteiger charge is 2.34. The highest BCUT2D eigenvalue weighted by atomic mass is 16.5. The van der Waals surface area contributed by atoms with Gasteiger partial charge in [0, 0.05) is 12.8 Å². The van der Waals surface area contributed by atoms with Gasteiger partial charge in [0.2, 0.25) is 0 Å². The standard InChI is InChI=1S/C16H15NO4/c1-21-14(18)10-4-2-3-7-11-17-15(19)12-8-5-6-9-13(12)16(17)20/h5-6,8-9H,2,4,10-11H2,1H3. The van der Waals surface area contributed by atoms with E-state index in [1.165, 1.54) is 7.11 Å². The average molecular weight is 285 g/mol. The van der Waals surface area contributed by atoms with Crippen molar-refractivity contribution in [3.05, 3.63) is 35.4 Å². The maximum atomic E-state index is 12.0. The number of benzene rings is 1. The SMILES string of the molecule is COC(=O)CCCC#CCN1C(=O)c2ccccc2C1=O. The average Bonchev–Trinajstić information content (AvgIpc) is 2.75. The normalized spacial score (nSPS) is 12.7. The molecule has 1 aromatic rings. The number of nitrogens with zero attached hydrogens (tertiary/aromatic N) is 1. The molecule has 0 saturated heterocycles. The molecule has 2 rings (SSSR count). The molecular weight excluding hydrogens is 270 g/mol. The minimum absolute atomic E-state index is 0.0740. The number of unbranched alkanes of at least 4 members (excludes halogenated alkanes) is 1. The summed E-state index contributed by atoms with van der Waals surface area (Å²) in [4.78, 5) is 36.1. The van der Waals surface area contributed by atoms with E-state index in [9.17, 15) is 14.4 Å². The zero-order chi connectivity index (χ0) is 15.2. The van der Waals surface area contributed by atoms with E-state index in [4.69, 9.17) is 0 Å². The maximum absolute atomic E-state index is 12.0. The molecule has 108 valence electrons. The second kappa shape index (κ2) is 6.71. The third-order valence-electron chi connectivity index (χ3n) is 3.15. The molecule has 0 radical (unpaired) electrons. The number of carbonyl (C=O) groups excluding carboxylic acids is 3. The van der Waals surface area contributed by atoms with Gasteiger partial charge in [0.05, 0.1) is 24.8 Å². The van der Waals surface area contributed by atoms with Gasteiger partial charge in [-0.3, -0.25) is 19.3 Å². The van der Waals surface area contributed by atoms with Gasteiger partial charge in [-0.15, -0.1) is 5.92 Å². The van der Waals surface area contributed by atoms with Crippen molar-refractivity contribution < 1.29 is 19.1 Å². The van der Waals surface area contributed by atoms with Crippen molar-refractivity contribution in [2.75, 3.05) is 13.7 Å². The van der Waals surface area contributed by atoms with Gasteiger partial charge in [-0.2, -0.15) is 0 Å². The van der Waals surface area contributed by atoms with Gasteiger partial charge in [-0.05, 0) is 18.6 Å². The lowest BCUT2D eigenvalue weighted by molar-refractivity contribution is -0.140. The fourth-order valence-corrected chi connectivity index (χ4v) is 2.03. The fourth-order valence-electron chi connectivity index (χ4n) is 2.03. The van der Waals surface area contributed by atoms with Gasteiger partial charge >= 0.3 is 5.97 Å². The zero-order valence-electron chi connectivity index (χ0n) is 11.7. The van der Waals surface area contributed by atoms with Crippen molar-refractivity contribution >= 4 is 17.8 Å². The van der Waals surface area contributed by atoms with Gasteiger partial charge in [0.1, 0.15) is 0 Å². The zero-order valence-corrected chi connectivity index (χ0v) is 11.7. The van der Waals surface area contributed by atoms with E-state index in [1.807, 2.05) is 0 Å². The molecule has 5 heteroatoms. The number of fused-ring (bicyclic) bond motifs is 1. The predicted molar refractivity (Wildman–Crippen MR) is 75.5 cm³/mol. The molecule has 0 atom stereocenters. The Balaban J connectivity index is 1.87. The lowest BCUT2D eigenvalue weighted by Gasteiger charge is -2.08. The van der Waals surface area contributed by atoms with E-state index in [0.717, 1.165) is 4.90 Å². The Kier molecular flexibility index (Phi) is 4.72. The van der Waals surface area contributed by atoms with Crippen molar-refractivity contribution in [2.45, 2.75) is 19.3 Å². The molecule has 1 aliphatic heterocycles. The van der Waals surface area contributed by atoms with Crippen LogP contribution in [0.3, 0.4) is 0 Å². The van der Waals surface area contributed by atoms with E-state index in [-0.39, 0.29) is 24.3 Å². The monoisotopic (exact) mass is 285 g/mol. The molecular formula is C16H15NO4. The summed E-state index contributed by atoms with van der Waals surface area (Å²) in [6, 6.07) is 6.73. The Bertz CT molecular complexity index is 604. The van der Waals surface area contributed by atoms with Gasteiger partial charge in [0.25, 0.3) is 11.8 Å². The molecule has 2 amide bonds. The molecule has 1 heterocycles. The number of hydrogen-bond donors (Lipinski definition) is 0. The number of imide groups is 1. The van der Waals surface area contributed by atoms with Crippen molar-refractivity contribution in [2.24, 2.45) is 0 Å². The molecule has 21 heavy (non-hydrogen) atoms. The molecule has 5 nitrogen and oxygen atoms in total. The molecule has 0 fully saturated rings. The number of amides is 2. The molecule has 0 saturated carbocycles. The first-order valence-electron chi connectivity index (χ1n) is 6.63. The Morgan fingerprint density at radius 1 is 1.14 bits per heavy atom. The molecule has 0 N–H and O–H groups in total. The van der Waals surface area contributed by atoms with E-state index in [2.05, 4.69) is 16.6 Å². The number of ether oxygens (including phenoxy) is 1. The summed E-state index contributed by atoms with van der Waals surface area (Å²) in [5, 5.41) is 0. The summed E-state index contributed by atoms with van der Waals surface area (Å²) in [6.07, 6.45) is 1.44. The second-order valence-corrected chi connectivity index (χ2v) is 4.53. The first kappa shape index (κ1) is 14.8. The summed E-state index contributed by atoms with van der Waals surface area (Å²) in [5.74, 6) is 4.77. The van der Waals surface area contributed by atoms with Crippen LogP contribution in [0.25, 0.3) is 0 Å². The second-order valence-electron chi connectivity index (χ2n) is 4.53. The summed E-state index contributed by atoms with van der Waals surface area (Å²) in [5.41, 5.74) is 0.852. The largest absolute Gasteiger partial charge is 0.469 e. The molecule has 0 spiro atoms. The van der Waals surface area contributed by atoms with Gasteiger partial charge < -0.3 is 4.74 Å². The summed E-state index contributed by atoms with van der Waals surface area (Å²) in [6.45, 7) is 0.0740. The van der Waals surface area contributed by atoms with Gasteiger partial charge in [0.15, 0.2) is 0 Å². The first-order valence-corrected chi connectivity index (χ1v) is 6.63. The van der Waals surface area contributed by atoms with Crippen LogP contribution < -0.4 is 0 Å². The lowest BCUT2D eigenvalue weighted by Crippen LogP contribution is -2.29. The number of carbonyl (C=O) groups is 3. The molecule has 0 aliphatic carbocycles. The topological polar surface area (TPSA) is 63.7 Å². The lowest BCUT2D eigenvalue weighted by atomic mass is 10.1. The van der Waals surface area contributed by atoms with Crippen LogP contribution in [0.2, 0.25) is 0 Å². The third-order valence-corrected chi connectivity index (χ3v) is 3.15. The van der Waals surface area contributed by atoms with Crippen LogP contribution in [-0.4, -0.2) is 36.3 Å². The van der Waals surface area contributed by atoms with Crippen LogP contribution in [-0.2, 0) is 9.53 Å². The highest BCUT2D eigenvalue weighted by Crippen LogP contribution is 2.21. The van der Waals surface area contributed by atoms with Crippen LogP contribution in [0, 0.1) is 11.8 Å². The molecule has 1 aliphatic rings. The summed E-state index contributed by atoms with van der Waals surface area (Å²) in [7, 11) is 1.34. The number of rotatable bonds is 4. The van der Waals surface area contributed by atoms with Crippen molar-refractivity contribution in [1.82, 2.24) is 4.90 Å². The van der Waals surface area contributed by atoms with E-state index >= 15 is 0 Å². The number of hydrogen-bond acceptors (Lipinski definition) is 4. The van der Waals surface area contributed by atoms with E-state index in [0.29, 0.717) is 30.4 Å². The smallest absolute Gasteiger partial charge is 0.305 e. The minimum atomic E-state index is -0.306. The van der Waals surface area contributed by atoms with Crippen molar-refractivity contribution in [3.63, 3.8) is 0 Å². The van der Waals surface area contributed by atoms with Crippen LogP contribution in [0.1, 0.15) is 40.0 Å². The first-order chi connectivity index (χ1) is 10.1. The van der Waals surface area contributed by atoms with Crippen molar-refractivity contribution in [3.8, 4) is 11.8 Å².